The first-order valence-corrected chi connectivity index (χ1v) is 7.44. The van der Waals surface area contributed by atoms with Crippen LogP contribution in [0.5, 0.6) is 0 Å². The van der Waals surface area contributed by atoms with Gasteiger partial charge in [-0.05, 0) is 31.2 Å². The molecule has 0 saturated heterocycles. The SMILES string of the molecule is CCOC(=O)c1ccc(C2(C(=O)C(C)(C)C)C=CC=N2)nc1N. The van der Waals surface area contributed by atoms with Gasteiger partial charge in [-0.3, -0.25) is 9.79 Å². The van der Waals surface area contributed by atoms with Crippen molar-refractivity contribution in [3.63, 3.8) is 0 Å². The number of nitrogens with two attached hydrogens (primary N) is 1. The van der Waals surface area contributed by atoms with E-state index in [1.54, 1.807) is 31.4 Å². The summed E-state index contributed by atoms with van der Waals surface area (Å²) in [6, 6.07) is 3.12. The topological polar surface area (TPSA) is 94.6 Å². The van der Waals surface area contributed by atoms with E-state index in [0.29, 0.717) is 5.69 Å². The van der Waals surface area contributed by atoms with E-state index >= 15 is 0 Å². The van der Waals surface area contributed by atoms with Crippen LogP contribution in [0, 0.1) is 5.41 Å². The smallest absolute Gasteiger partial charge is 0.341 e. The largest absolute Gasteiger partial charge is 0.462 e. The quantitative estimate of drug-likeness (QED) is 0.860. The Kier molecular flexibility index (Phi) is 4.36. The van der Waals surface area contributed by atoms with Crippen molar-refractivity contribution < 1.29 is 14.3 Å². The number of carbonyl (C=O) groups excluding carboxylic acids is 2. The molecular weight excluding hydrogens is 294 g/mol. The number of ether oxygens (including phenoxy) is 1. The van der Waals surface area contributed by atoms with Crippen LogP contribution in [0.4, 0.5) is 5.82 Å². The molecule has 0 saturated carbocycles. The van der Waals surface area contributed by atoms with E-state index in [2.05, 4.69) is 9.98 Å². The van der Waals surface area contributed by atoms with Gasteiger partial charge in [-0.15, -0.1) is 0 Å². The molecule has 0 spiro atoms. The summed E-state index contributed by atoms with van der Waals surface area (Å²) in [7, 11) is 0. The van der Waals surface area contributed by atoms with Crippen molar-refractivity contribution in [3.8, 4) is 0 Å². The van der Waals surface area contributed by atoms with Gasteiger partial charge in [-0.1, -0.05) is 20.8 Å². The number of Topliss-reactive ketones (excluding diaryl/α,β-unsaturated/α-hetero) is 1. The minimum Gasteiger partial charge on any atom is -0.462 e. The highest BCUT2D eigenvalue weighted by Crippen LogP contribution is 2.37. The number of rotatable bonds is 4. The fourth-order valence-corrected chi connectivity index (χ4v) is 2.43. The van der Waals surface area contributed by atoms with Crippen LogP contribution >= 0.6 is 0 Å². The van der Waals surface area contributed by atoms with Gasteiger partial charge in [-0.2, -0.15) is 0 Å². The second kappa shape index (κ2) is 5.95. The van der Waals surface area contributed by atoms with Gasteiger partial charge < -0.3 is 10.5 Å². The zero-order valence-corrected chi connectivity index (χ0v) is 13.8. The zero-order chi connectivity index (χ0) is 17.3. The highest BCUT2D eigenvalue weighted by Gasteiger charge is 2.45. The van der Waals surface area contributed by atoms with Gasteiger partial charge in [0, 0.05) is 11.6 Å². The first kappa shape index (κ1) is 16.9. The number of aromatic nitrogens is 1. The number of ketones is 1. The molecule has 0 amide bonds. The molecule has 0 aromatic carbocycles. The molecule has 1 aromatic heterocycles. The van der Waals surface area contributed by atoms with Crippen LogP contribution in [-0.2, 0) is 15.1 Å². The molecule has 1 aliphatic rings. The molecule has 1 aromatic rings. The molecule has 23 heavy (non-hydrogen) atoms. The maximum atomic E-state index is 12.9. The molecule has 6 nitrogen and oxygen atoms in total. The van der Waals surface area contributed by atoms with E-state index in [0.717, 1.165) is 0 Å². The third-order valence-electron chi connectivity index (χ3n) is 3.54. The van der Waals surface area contributed by atoms with Crippen molar-refractivity contribution in [2.24, 2.45) is 10.4 Å². The van der Waals surface area contributed by atoms with Crippen LogP contribution in [0.25, 0.3) is 0 Å². The van der Waals surface area contributed by atoms with Gasteiger partial charge in [0.2, 0.25) is 0 Å². The van der Waals surface area contributed by atoms with E-state index < -0.39 is 16.9 Å². The third kappa shape index (κ3) is 3.02. The normalized spacial score (nSPS) is 19.8. The average Bonchev–Trinajstić information content (AvgIpc) is 2.96. The molecule has 0 aliphatic carbocycles. The summed E-state index contributed by atoms with van der Waals surface area (Å²) in [5.41, 5.74) is 4.66. The number of aliphatic imine (C=N–C) groups is 1. The minimum atomic E-state index is -1.19. The highest BCUT2D eigenvalue weighted by molar-refractivity contribution is 6.00. The number of hydrogen-bond donors (Lipinski definition) is 1. The Balaban J connectivity index is 2.49. The van der Waals surface area contributed by atoms with E-state index in [-0.39, 0.29) is 23.8 Å². The van der Waals surface area contributed by atoms with Crippen LogP contribution < -0.4 is 5.73 Å². The lowest BCUT2D eigenvalue weighted by Gasteiger charge is -2.29. The standard InChI is InChI=1S/C17H21N3O3/c1-5-23-14(21)11-7-8-12(20-13(11)18)17(9-6-10-19-17)15(22)16(2,3)4/h6-10H,5H2,1-4H3,(H2,18,20). The van der Waals surface area contributed by atoms with Crippen molar-refractivity contribution in [1.29, 1.82) is 0 Å². The predicted octanol–water partition coefficient (Wildman–Crippen LogP) is 2.29. The van der Waals surface area contributed by atoms with E-state index in [1.807, 2.05) is 20.8 Å². The van der Waals surface area contributed by atoms with Crippen LogP contribution in [-0.4, -0.2) is 29.6 Å². The zero-order valence-electron chi connectivity index (χ0n) is 13.8. The first-order valence-electron chi connectivity index (χ1n) is 7.44. The average molecular weight is 315 g/mol. The molecular formula is C17H21N3O3. The monoisotopic (exact) mass is 315 g/mol. The van der Waals surface area contributed by atoms with Crippen LogP contribution in [0.2, 0.25) is 0 Å². The number of anilines is 1. The Morgan fingerprint density at radius 2 is 2.00 bits per heavy atom. The third-order valence-corrected chi connectivity index (χ3v) is 3.54. The number of allylic oxidation sites excluding steroid dienone is 1. The fourth-order valence-electron chi connectivity index (χ4n) is 2.43. The summed E-state index contributed by atoms with van der Waals surface area (Å²) in [4.78, 5) is 33.3. The second-order valence-corrected chi connectivity index (χ2v) is 6.33. The molecule has 0 radical (unpaired) electrons. The number of pyridine rings is 1. The van der Waals surface area contributed by atoms with E-state index in [9.17, 15) is 9.59 Å². The maximum absolute atomic E-state index is 12.9. The van der Waals surface area contributed by atoms with Crippen LogP contribution in [0.15, 0.2) is 29.3 Å². The van der Waals surface area contributed by atoms with Crippen molar-refractivity contribution in [2.75, 3.05) is 12.3 Å². The Hall–Kier alpha value is -2.50. The summed E-state index contributed by atoms with van der Waals surface area (Å²) in [5, 5.41) is 0. The molecule has 2 N–H and O–H groups in total. The number of nitrogen functional groups attached to an aromatic ring is 1. The fraction of sp³-hybridized carbons (Fsp3) is 0.412. The highest BCUT2D eigenvalue weighted by atomic mass is 16.5. The molecule has 6 heteroatoms. The molecule has 2 heterocycles. The summed E-state index contributed by atoms with van der Waals surface area (Å²) >= 11 is 0. The Labute approximate surface area is 135 Å². The van der Waals surface area contributed by atoms with Crippen molar-refractivity contribution in [2.45, 2.75) is 33.2 Å². The number of esters is 1. The second-order valence-electron chi connectivity index (χ2n) is 6.33. The van der Waals surface area contributed by atoms with Gasteiger partial charge in [0.1, 0.15) is 11.4 Å². The Bertz CT molecular complexity index is 688. The molecule has 122 valence electrons. The van der Waals surface area contributed by atoms with Gasteiger partial charge >= 0.3 is 5.97 Å². The maximum Gasteiger partial charge on any atom is 0.341 e. The molecule has 0 fully saturated rings. The lowest BCUT2D eigenvalue weighted by atomic mass is 9.76. The van der Waals surface area contributed by atoms with Crippen molar-refractivity contribution >= 4 is 23.8 Å². The summed E-state index contributed by atoms with van der Waals surface area (Å²) in [6.45, 7) is 7.45. The number of nitrogens with zero attached hydrogens (tertiary/aromatic N) is 2. The summed E-state index contributed by atoms with van der Waals surface area (Å²) in [5.74, 6) is -0.603. The molecule has 1 atom stereocenters. The minimum absolute atomic E-state index is 0.0255. The van der Waals surface area contributed by atoms with E-state index in [4.69, 9.17) is 10.5 Å². The lowest BCUT2D eigenvalue weighted by molar-refractivity contribution is -0.130. The van der Waals surface area contributed by atoms with Crippen molar-refractivity contribution in [3.05, 3.63) is 35.5 Å². The van der Waals surface area contributed by atoms with Gasteiger partial charge in [0.15, 0.2) is 11.3 Å². The molecule has 1 unspecified atom stereocenters. The molecule has 0 bridgehead atoms. The first-order chi connectivity index (χ1) is 10.7. The summed E-state index contributed by atoms with van der Waals surface area (Å²) < 4.78 is 4.93. The van der Waals surface area contributed by atoms with Gasteiger partial charge in [0.25, 0.3) is 0 Å². The van der Waals surface area contributed by atoms with Gasteiger partial charge in [0.05, 0.1) is 12.3 Å². The van der Waals surface area contributed by atoms with E-state index in [1.165, 1.54) is 6.07 Å². The van der Waals surface area contributed by atoms with Crippen molar-refractivity contribution in [1.82, 2.24) is 4.98 Å². The van der Waals surface area contributed by atoms with Crippen LogP contribution in [0.3, 0.4) is 0 Å². The Morgan fingerprint density at radius 1 is 1.30 bits per heavy atom. The number of hydrogen-bond acceptors (Lipinski definition) is 6. The lowest BCUT2D eigenvalue weighted by Crippen LogP contribution is -2.40. The Morgan fingerprint density at radius 3 is 2.48 bits per heavy atom. The molecule has 2 rings (SSSR count). The van der Waals surface area contributed by atoms with Gasteiger partial charge in [-0.25, -0.2) is 9.78 Å². The number of carbonyl (C=O) groups is 2. The predicted molar refractivity (Wildman–Crippen MR) is 88.4 cm³/mol. The molecule has 1 aliphatic heterocycles. The van der Waals surface area contributed by atoms with Crippen LogP contribution in [0.1, 0.15) is 43.7 Å². The summed E-state index contributed by atoms with van der Waals surface area (Å²) in [6.07, 6.45) is 4.98.